The maximum atomic E-state index is 12.1. The van der Waals surface area contributed by atoms with Crippen molar-refractivity contribution >= 4 is 35.8 Å². The molecule has 0 aromatic carbocycles. The van der Waals surface area contributed by atoms with Gasteiger partial charge in [0, 0.05) is 66.1 Å². The number of nitrogens with zero attached hydrogens (tertiary/aromatic N) is 4. The molecule has 0 radical (unpaired) electrons. The first-order valence-electron chi connectivity index (χ1n) is 10.5. The highest BCUT2D eigenvalue weighted by molar-refractivity contribution is 14.0. The van der Waals surface area contributed by atoms with Crippen LogP contribution in [0.1, 0.15) is 33.1 Å². The van der Waals surface area contributed by atoms with Gasteiger partial charge in [-0.2, -0.15) is 0 Å². The van der Waals surface area contributed by atoms with Crippen LogP contribution in [-0.4, -0.2) is 112 Å². The smallest absolute Gasteiger partial charge is 0.243 e. The standard InChI is InChI=1S/C20H39N5O3.HI/c1-16-14-24(15-17(2)25(16)9-11-27-5)20(22-13-19(26)23(3)4)21-12-18-8-6-7-10-28-18;/h16-18H,6-15H2,1-5H3,(H,21,22);1H. The van der Waals surface area contributed by atoms with Crippen molar-refractivity contribution < 1.29 is 14.3 Å². The molecule has 0 aromatic rings. The topological polar surface area (TPSA) is 69.6 Å². The van der Waals surface area contributed by atoms with Crippen LogP contribution in [-0.2, 0) is 14.3 Å². The molecule has 2 fully saturated rings. The number of carbonyl (C=O) groups is 1. The lowest BCUT2D eigenvalue weighted by Gasteiger charge is -2.45. The Hall–Kier alpha value is -0.650. The van der Waals surface area contributed by atoms with Crippen molar-refractivity contribution in [2.24, 2.45) is 4.99 Å². The highest BCUT2D eigenvalue weighted by Gasteiger charge is 2.31. The van der Waals surface area contributed by atoms with Gasteiger partial charge in [-0.3, -0.25) is 9.69 Å². The zero-order valence-electron chi connectivity index (χ0n) is 18.7. The minimum atomic E-state index is 0. The molecule has 2 aliphatic heterocycles. The fraction of sp³-hybridized carbons (Fsp3) is 0.900. The molecule has 1 N–H and O–H groups in total. The molecule has 170 valence electrons. The summed E-state index contributed by atoms with van der Waals surface area (Å²) in [7, 11) is 5.27. The van der Waals surface area contributed by atoms with Gasteiger partial charge in [-0.1, -0.05) is 0 Å². The van der Waals surface area contributed by atoms with Gasteiger partial charge in [0.1, 0.15) is 6.54 Å². The van der Waals surface area contributed by atoms with E-state index in [0.717, 1.165) is 58.2 Å². The Morgan fingerprint density at radius 1 is 1.24 bits per heavy atom. The second-order valence-corrected chi connectivity index (χ2v) is 8.13. The van der Waals surface area contributed by atoms with E-state index in [1.807, 2.05) is 0 Å². The summed E-state index contributed by atoms with van der Waals surface area (Å²) in [4.78, 5) is 23.1. The molecule has 0 aliphatic carbocycles. The minimum absolute atomic E-state index is 0. The molecule has 0 spiro atoms. The average Bonchev–Trinajstić information content (AvgIpc) is 2.67. The largest absolute Gasteiger partial charge is 0.383 e. The van der Waals surface area contributed by atoms with E-state index in [1.165, 1.54) is 6.42 Å². The van der Waals surface area contributed by atoms with Crippen LogP contribution in [0.2, 0.25) is 0 Å². The summed E-state index contributed by atoms with van der Waals surface area (Å²) in [6.07, 6.45) is 3.66. The van der Waals surface area contributed by atoms with Gasteiger partial charge in [-0.05, 0) is 33.1 Å². The van der Waals surface area contributed by atoms with Crippen LogP contribution < -0.4 is 5.32 Å². The van der Waals surface area contributed by atoms with Gasteiger partial charge in [0.15, 0.2) is 5.96 Å². The number of carbonyl (C=O) groups excluding carboxylic acids is 1. The predicted molar refractivity (Wildman–Crippen MR) is 127 cm³/mol. The molecule has 2 heterocycles. The molecule has 29 heavy (non-hydrogen) atoms. The fourth-order valence-electron chi connectivity index (χ4n) is 3.89. The number of halogens is 1. The quantitative estimate of drug-likeness (QED) is 0.307. The van der Waals surface area contributed by atoms with Crippen LogP contribution in [0.15, 0.2) is 4.99 Å². The highest BCUT2D eigenvalue weighted by Crippen LogP contribution is 2.16. The first-order chi connectivity index (χ1) is 13.4. The van der Waals surface area contributed by atoms with Crippen molar-refractivity contribution in [3.8, 4) is 0 Å². The second-order valence-electron chi connectivity index (χ2n) is 8.13. The number of hydrogen-bond donors (Lipinski definition) is 1. The lowest BCUT2D eigenvalue weighted by Crippen LogP contribution is -2.61. The third kappa shape index (κ3) is 8.55. The van der Waals surface area contributed by atoms with Crippen LogP contribution in [0, 0.1) is 0 Å². The van der Waals surface area contributed by atoms with E-state index in [2.05, 4.69) is 34.0 Å². The van der Waals surface area contributed by atoms with Gasteiger partial charge in [0.2, 0.25) is 5.91 Å². The van der Waals surface area contributed by atoms with Crippen LogP contribution in [0.25, 0.3) is 0 Å². The first-order valence-corrected chi connectivity index (χ1v) is 10.5. The highest BCUT2D eigenvalue weighted by atomic mass is 127. The SMILES string of the molecule is COCCN1C(C)CN(C(=NCC(=O)N(C)C)NCC2CCCCO2)CC1C.I. The number of guanidine groups is 1. The first kappa shape index (κ1) is 26.4. The summed E-state index contributed by atoms with van der Waals surface area (Å²) < 4.78 is 11.1. The van der Waals surface area contributed by atoms with Crippen molar-refractivity contribution in [2.45, 2.75) is 51.3 Å². The van der Waals surface area contributed by atoms with E-state index in [0.29, 0.717) is 12.1 Å². The summed E-state index contributed by atoms with van der Waals surface area (Å²) in [5.74, 6) is 0.822. The number of likely N-dealkylation sites (N-methyl/N-ethyl adjacent to an activating group) is 1. The lowest BCUT2D eigenvalue weighted by atomic mass is 10.1. The van der Waals surface area contributed by atoms with Gasteiger partial charge in [-0.25, -0.2) is 4.99 Å². The lowest BCUT2D eigenvalue weighted by molar-refractivity contribution is -0.127. The number of nitrogens with one attached hydrogen (secondary N) is 1. The van der Waals surface area contributed by atoms with Gasteiger partial charge in [0.05, 0.1) is 12.7 Å². The van der Waals surface area contributed by atoms with Gasteiger partial charge in [0.25, 0.3) is 0 Å². The number of hydrogen-bond acceptors (Lipinski definition) is 5. The maximum Gasteiger partial charge on any atom is 0.243 e. The Morgan fingerprint density at radius 3 is 2.48 bits per heavy atom. The number of methoxy groups -OCH3 is 1. The third-order valence-corrected chi connectivity index (χ3v) is 5.58. The molecule has 9 heteroatoms. The summed E-state index contributed by atoms with van der Waals surface area (Å²) in [5.41, 5.74) is 0. The Kier molecular flexibility index (Phi) is 12.4. The molecule has 1 amide bonds. The van der Waals surface area contributed by atoms with Gasteiger partial charge < -0.3 is 24.6 Å². The van der Waals surface area contributed by atoms with Gasteiger partial charge >= 0.3 is 0 Å². The van der Waals surface area contributed by atoms with Crippen molar-refractivity contribution in [3.63, 3.8) is 0 Å². The number of aliphatic imine (C=N–C) groups is 1. The van der Waals surface area contributed by atoms with Crippen LogP contribution in [0.3, 0.4) is 0 Å². The zero-order valence-corrected chi connectivity index (χ0v) is 21.1. The number of piperazine rings is 1. The molecule has 3 unspecified atom stereocenters. The summed E-state index contributed by atoms with van der Waals surface area (Å²) >= 11 is 0. The Morgan fingerprint density at radius 2 is 1.93 bits per heavy atom. The summed E-state index contributed by atoms with van der Waals surface area (Å²) in [6, 6.07) is 0.780. The second kappa shape index (κ2) is 13.6. The van der Waals surface area contributed by atoms with Crippen LogP contribution >= 0.6 is 24.0 Å². The third-order valence-electron chi connectivity index (χ3n) is 5.58. The van der Waals surface area contributed by atoms with E-state index in [-0.39, 0.29) is 42.5 Å². The van der Waals surface area contributed by atoms with E-state index in [1.54, 1.807) is 26.1 Å². The predicted octanol–water partition coefficient (Wildman–Crippen LogP) is 1.25. The van der Waals surface area contributed by atoms with Crippen molar-refractivity contribution in [3.05, 3.63) is 0 Å². The number of amides is 1. The minimum Gasteiger partial charge on any atom is -0.383 e. The fourth-order valence-corrected chi connectivity index (χ4v) is 3.89. The molecule has 8 nitrogen and oxygen atoms in total. The van der Waals surface area contributed by atoms with Crippen molar-refractivity contribution in [1.82, 2.24) is 20.0 Å². The summed E-state index contributed by atoms with van der Waals surface area (Å²) in [5, 5.41) is 3.49. The Labute approximate surface area is 193 Å². The average molecular weight is 525 g/mol. The monoisotopic (exact) mass is 525 g/mol. The van der Waals surface area contributed by atoms with Crippen LogP contribution in [0.5, 0.6) is 0 Å². The molecular weight excluding hydrogens is 485 g/mol. The summed E-state index contributed by atoms with van der Waals surface area (Å²) in [6.45, 7) is 9.64. The number of rotatable bonds is 7. The number of ether oxygens (including phenoxy) is 2. The molecule has 2 rings (SSSR count). The van der Waals surface area contributed by atoms with Crippen molar-refractivity contribution in [1.29, 1.82) is 0 Å². The van der Waals surface area contributed by atoms with E-state index >= 15 is 0 Å². The van der Waals surface area contributed by atoms with E-state index in [9.17, 15) is 4.79 Å². The molecule has 3 atom stereocenters. The molecule has 0 aromatic heterocycles. The molecular formula is C20H40IN5O3. The van der Waals surface area contributed by atoms with E-state index < -0.39 is 0 Å². The van der Waals surface area contributed by atoms with Crippen LogP contribution in [0.4, 0.5) is 0 Å². The Balaban J connectivity index is 0.00000420. The van der Waals surface area contributed by atoms with Crippen molar-refractivity contribution in [2.75, 3.05) is 67.1 Å². The maximum absolute atomic E-state index is 12.1. The van der Waals surface area contributed by atoms with Gasteiger partial charge in [-0.15, -0.1) is 24.0 Å². The zero-order chi connectivity index (χ0) is 20.5. The molecule has 0 saturated carbocycles. The van der Waals surface area contributed by atoms with E-state index in [4.69, 9.17) is 9.47 Å². The molecule has 0 bridgehead atoms. The Bertz CT molecular complexity index is 502. The normalized spacial score (nSPS) is 26.0. The molecule has 2 saturated heterocycles. The molecule has 2 aliphatic rings.